The first-order valence-electron chi connectivity index (χ1n) is 12.0. The van der Waals surface area contributed by atoms with Crippen LogP contribution in [0.2, 0.25) is 0 Å². The molecule has 3 heterocycles. The van der Waals surface area contributed by atoms with Gasteiger partial charge >= 0.3 is 0 Å². The summed E-state index contributed by atoms with van der Waals surface area (Å²) in [5.74, 6) is 0.334. The lowest BCUT2D eigenvalue weighted by atomic mass is 9.96. The van der Waals surface area contributed by atoms with Crippen molar-refractivity contribution in [2.45, 2.75) is 45.1 Å². The first kappa shape index (κ1) is 24.7. The highest BCUT2D eigenvalue weighted by Gasteiger charge is 2.35. The molecule has 2 aromatic heterocycles. The van der Waals surface area contributed by atoms with Crippen LogP contribution >= 0.6 is 11.3 Å². The molecule has 0 radical (unpaired) electrons. The van der Waals surface area contributed by atoms with Gasteiger partial charge in [-0.05, 0) is 81.1 Å². The Kier molecular flexibility index (Phi) is 6.72. The number of piperidine rings is 1. The number of hydrogen-bond acceptors (Lipinski definition) is 6. The predicted molar refractivity (Wildman–Crippen MR) is 142 cm³/mol. The third kappa shape index (κ3) is 4.83. The summed E-state index contributed by atoms with van der Waals surface area (Å²) in [6.07, 6.45) is 2.51. The SMILES string of the molecule is Cc1ccc(S(=O)(=O)N2CCC(C(=O)N(Cc3ccco3)c3nc4cc(C)c(C)cc4s3)CC2)cc1. The number of furan rings is 1. The van der Waals surface area contributed by atoms with Crippen LogP contribution in [0.3, 0.4) is 0 Å². The maximum Gasteiger partial charge on any atom is 0.243 e. The fraction of sp³-hybridized carbons (Fsp3) is 0.333. The van der Waals surface area contributed by atoms with Crippen molar-refractivity contribution >= 4 is 42.6 Å². The van der Waals surface area contributed by atoms with Crippen molar-refractivity contribution in [3.63, 3.8) is 0 Å². The molecule has 9 heteroatoms. The molecule has 5 rings (SSSR count). The molecule has 0 saturated carbocycles. The number of amides is 1. The van der Waals surface area contributed by atoms with Crippen molar-refractivity contribution in [1.29, 1.82) is 0 Å². The average Bonchev–Trinajstić information content (AvgIpc) is 3.52. The molecule has 2 aromatic carbocycles. The number of carbonyl (C=O) groups is 1. The van der Waals surface area contributed by atoms with E-state index >= 15 is 0 Å². The number of hydrogen-bond donors (Lipinski definition) is 0. The smallest absolute Gasteiger partial charge is 0.243 e. The molecule has 1 aliphatic rings. The van der Waals surface area contributed by atoms with E-state index in [1.165, 1.54) is 21.2 Å². The zero-order valence-corrected chi connectivity index (χ0v) is 22.2. The molecule has 0 N–H and O–H groups in total. The molecule has 0 spiro atoms. The minimum atomic E-state index is -3.58. The topological polar surface area (TPSA) is 83.7 Å². The number of aryl methyl sites for hydroxylation is 3. The van der Waals surface area contributed by atoms with Crippen molar-refractivity contribution in [3.8, 4) is 0 Å². The third-order valence-electron chi connectivity index (χ3n) is 6.85. The highest BCUT2D eigenvalue weighted by atomic mass is 32.2. The maximum atomic E-state index is 13.8. The van der Waals surface area contributed by atoms with Crippen LogP contribution < -0.4 is 4.90 Å². The molecule has 0 bridgehead atoms. The summed E-state index contributed by atoms with van der Waals surface area (Å²) in [6, 6.07) is 14.7. The Hall–Kier alpha value is -3.01. The van der Waals surface area contributed by atoms with Gasteiger partial charge in [0.15, 0.2) is 5.13 Å². The highest BCUT2D eigenvalue weighted by Crippen LogP contribution is 2.34. The second kappa shape index (κ2) is 9.80. The van der Waals surface area contributed by atoms with Crippen LogP contribution in [-0.4, -0.2) is 36.7 Å². The van der Waals surface area contributed by atoms with Gasteiger partial charge in [0.25, 0.3) is 0 Å². The molecule has 0 unspecified atom stereocenters. The van der Waals surface area contributed by atoms with Crippen LogP contribution in [-0.2, 0) is 21.4 Å². The second-order valence-corrected chi connectivity index (χ2v) is 12.3. The Bertz CT molecular complexity index is 1450. The zero-order chi connectivity index (χ0) is 25.4. The van der Waals surface area contributed by atoms with E-state index in [1.54, 1.807) is 41.5 Å². The van der Waals surface area contributed by atoms with E-state index in [-0.39, 0.29) is 23.3 Å². The Balaban J connectivity index is 1.37. The van der Waals surface area contributed by atoms with Crippen molar-refractivity contribution in [1.82, 2.24) is 9.29 Å². The Labute approximate surface area is 215 Å². The van der Waals surface area contributed by atoms with Gasteiger partial charge in [0, 0.05) is 19.0 Å². The Morgan fingerprint density at radius 2 is 1.78 bits per heavy atom. The average molecular weight is 524 g/mol. The normalized spacial score (nSPS) is 15.4. The minimum absolute atomic E-state index is 0.0497. The molecule has 188 valence electrons. The minimum Gasteiger partial charge on any atom is -0.467 e. The standard InChI is InChI=1S/C27H29N3O4S2/c1-18-6-8-23(9-7-18)36(32,33)29-12-10-21(11-13-29)26(31)30(17-22-5-4-14-34-22)27-28-24-15-19(2)20(3)16-25(24)35-27/h4-9,14-16,21H,10-13,17H2,1-3H3. The zero-order valence-electron chi connectivity index (χ0n) is 20.6. The quantitative estimate of drug-likeness (QED) is 0.336. The summed E-state index contributed by atoms with van der Waals surface area (Å²) in [6.45, 7) is 6.94. The van der Waals surface area contributed by atoms with Gasteiger partial charge < -0.3 is 4.42 Å². The van der Waals surface area contributed by atoms with E-state index in [2.05, 4.69) is 26.0 Å². The molecular weight excluding hydrogens is 494 g/mol. The predicted octanol–water partition coefficient (Wildman–Crippen LogP) is 5.45. The highest BCUT2D eigenvalue weighted by molar-refractivity contribution is 7.89. The Morgan fingerprint density at radius 3 is 2.44 bits per heavy atom. The first-order chi connectivity index (χ1) is 17.2. The van der Waals surface area contributed by atoms with Crippen LogP contribution in [0.5, 0.6) is 0 Å². The summed E-state index contributed by atoms with van der Waals surface area (Å²) < 4.78 is 34.3. The molecule has 4 aromatic rings. The first-order valence-corrected chi connectivity index (χ1v) is 14.3. The number of aromatic nitrogens is 1. The molecule has 0 atom stereocenters. The van der Waals surface area contributed by atoms with Gasteiger partial charge in [-0.1, -0.05) is 29.0 Å². The van der Waals surface area contributed by atoms with Gasteiger partial charge in [0.05, 0.1) is 27.9 Å². The summed E-state index contributed by atoms with van der Waals surface area (Å²) in [4.78, 5) is 20.6. The number of fused-ring (bicyclic) bond motifs is 1. The van der Waals surface area contributed by atoms with Crippen molar-refractivity contribution in [2.75, 3.05) is 18.0 Å². The maximum absolute atomic E-state index is 13.8. The lowest BCUT2D eigenvalue weighted by molar-refractivity contribution is -0.123. The number of carbonyl (C=O) groups excluding carboxylic acids is 1. The van der Waals surface area contributed by atoms with E-state index in [0.717, 1.165) is 21.3 Å². The molecular formula is C27H29N3O4S2. The van der Waals surface area contributed by atoms with Crippen molar-refractivity contribution in [3.05, 3.63) is 77.2 Å². The van der Waals surface area contributed by atoms with Crippen LogP contribution in [0.1, 0.15) is 35.3 Å². The van der Waals surface area contributed by atoms with Gasteiger partial charge in [-0.25, -0.2) is 13.4 Å². The molecule has 7 nitrogen and oxygen atoms in total. The molecule has 36 heavy (non-hydrogen) atoms. The van der Waals surface area contributed by atoms with Crippen LogP contribution in [0.15, 0.2) is 64.1 Å². The van der Waals surface area contributed by atoms with E-state index in [9.17, 15) is 13.2 Å². The van der Waals surface area contributed by atoms with Gasteiger partial charge in [0.2, 0.25) is 15.9 Å². The summed E-state index contributed by atoms with van der Waals surface area (Å²) in [5.41, 5.74) is 4.22. The summed E-state index contributed by atoms with van der Waals surface area (Å²) in [5, 5.41) is 0.631. The number of sulfonamides is 1. The van der Waals surface area contributed by atoms with Crippen molar-refractivity contribution < 1.29 is 17.6 Å². The van der Waals surface area contributed by atoms with Gasteiger partial charge in [-0.3, -0.25) is 9.69 Å². The van der Waals surface area contributed by atoms with E-state index in [1.807, 2.05) is 13.0 Å². The lowest BCUT2D eigenvalue weighted by Gasteiger charge is -2.32. The molecule has 1 fully saturated rings. The van der Waals surface area contributed by atoms with E-state index in [0.29, 0.717) is 36.8 Å². The number of rotatable bonds is 6. The largest absolute Gasteiger partial charge is 0.467 e. The van der Waals surface area contributed by atoms with Gasteiger partial charge in [-0.2, -0.15) is 4.31 Å². The van der Waals surface area contributed by atoms with Gasteiger partial charge in [0.1, 0.15) is 5.76 Å². The summed E-state index contributed by atoms with van der Waals surface area (Å²) >= 11 is 1.49. The second-order valence-electron chi connectivity index (χ2n) is 9.40. The van der Waals surface area contributed by atoms with Gasteiger partial charge in [-0.15, -0.1) is 0 Å². The molecule has 1 saturated heterocycles. The lowest BCUT2D eigenvalue weighted by Crippen LogP contribution is -2.44. The molecule has 1 amide bonds. The number of anilines is 1. The van der Waals surface area contributed by atoms with Crippen molar-refractivity contribution in [2.24, 2.45) is 5.92 Å². The van der Waals surface area contributed by atoms with Crippen LogP contribution in [0.25, 0.3) is 10.2 Å². The number of thiazole rings is 1. The molecule has 0 aliphatic carbocycles. The van der Waals surface area contributed by atoms with E-state index < -0.39 is 10.0 Å². The number of nitrogens with zero attached hydrogens (tertiary/aromatic N) is 3. The Morgan fingerprint density at radius 1 is 1.08 bits per heavy atom. The third-order valence-corrected chi connectivity index (χ3v) is 9.80. The summed E-state index contributed by atoms with van der Waals surface area (Å²) in [7, 11) is -3.58. The number of benzene rings is 2. The van der Waals surface area contributed by atoms with E-state index in [4.69, 9.17) is 9.40 Å². The fourth-order valence-electron chi connectivity index (χ4n) is 4.50. The molecule has 1 aliphatic heterocycles. The monoisotopic (exact) mass is 523 g/mol. The van der Waals surface area contributed by atoms with Crippen LogP contribution in [0.4, 0.5) is 5.13 Å². The fourth-order valence-corrected chi connectivity index (χ4v) is 7.02. The van der Waals surface area contributed by atoms with Crippen LogP contribution in [0, 0.1) is 26.7 Å².